The van der Waals surface area contributed by atoms with E-state index in [1.807, 2.05) is 0 Å². The first kappa shape index (κ1) is 21.2. The zero-order valence-corrected chi connectivity index (χ0v) is 15.4. The molecule has 140 valence electrons. The van der Waals surface area contributed by atoms with Crippen LogP contribution in [0.25, 0.3) is 0 Å². The highest BCUT2D eigenvalue weighted by molar-refractivity contribution is 7.82. The first-order chi connectivity index (χ1) is 12.2. The van der Waals surface area contributed by atoms with E-state index in [-0.39, 0.29) is 29.3 Å². The van der Waals surface area contributed by atoms with Crippen molar-refractivity contribution in [2.45, 2.75) is 13.8 Å². The molecule has 0 spiro atoms. The fraction of sp³-hybridized carbons (Fsp3) is 0.353. The van der Waals surface area contributed by atoms with Crippen molar-refractivity contribution in [2.75, 3.05) is 31.2 Å². The van der Waals surface area contributed by atoms with Gasteiger partial charge in [0.2, 0.25) is 0 Å². The first-order valence-corrected chi connectivity index (χ1v) is 8.13. The van der Waals surface area contributed by atoms with Gasteiger partial charge in [-0.1, -0.05) is 18.8 Å². The second kappa shape index (κ2) is 10.2. The Hall–Kier alpha value is -2.81. The molecule has 0 N–H and O–H groups in total. The number of esters is 2. The molecule has 0 bridgehead atoms. The van der Waals surface area contributed by atoms with Gasteiger partial charge in [0.15, 0.2) is 0 Å². The van der Waals surface area contributed by atoms with Crippen LogP contribution in [0.2, 0.25) is 0 Å². The molecule has 0 heterocycles. The van der Waals surface area contributed by atoms with Crippen LogP contribution in [-0.2, 0) is 19.1 Å². The number of rotatable bonds is 10. The minimum atomic E-state index is -0.572. The first-order valence-electron chi connectivity index (χ1n) is 7.72. The SMILES string of the molecule is C=C(C)C(=O)OCCN(CCOC(=O)C(C)=S)c1ccc([N+](=O)[O-])cc1. The molecule has 0 aliphatic carbocycles. The van der Waals surface area contributed by atoms with E-state index in [9.17, 15) is 19.7 Å². The van der Waals surface area contributed by atoms with Crippen molar-refractivity contribution >= 4 is 40.4 Å². The van der Waals surface area contributed by atoms with Crippen LogP contribution >= 0.6 is 12.2 Å². The van der Waals surface area contributed by atoms with Gasteiger partial charge in [0.1, 0.15) is 13.2 Å². The molecule has 0 aromatic heterocycles. The standard InChI is InChI=1S/C17H20N2O6S/c1-12(2)16(20)24-10-8-18(9-11-25-17(21)13(3)26)14-4-6-15(7-5-14)19(22)23/h4-7H,1,8-11H2,2-3H3. The maximum Gasteiger partial charge on any atom is 0.344 e. The third kappa shape index (κ3) is 6.98. The van der Waals surface area contributed by atoms with Crippen LogP contribution in [0.15, 0.2) is 36.4 Å². The van der Waals surface area contributed by atoms with Gasteiger partial charge >= 0.3 is 11.9 Å². The van der Waals surface area contributed by atoms with Crippen molar-refractivity contribution in [3.63, 3.8) is 0 Å². The molecule has 0 saturated heterocycles. The number of hydrogen-bond donors (Lipinski definition) is 0. The van der Waals surface area contributed by atoms with Crippen LogP contribution in [0.3, 0.4) is 0 Å². The van der Waals surface area contributed by atoms with Gasteiger partial charge < -0.3 is 14.4 Å². The van der Waals surface area contributed by atoms with Gasteiger partial charge in [-0.2, -0.15) is 0 Å². The predicted octanol–water partition coefficient (Wildman–Crippen LogP) is 2.45. The van der Waals surface area contributed by atoms with Gasteiger partial charge in [0.25, 0.3) is 5.69 Å². The summed E-state index contributed by atoms with van der Waals surface area (Å²) in [6.07, 6.45) is 0. The summed E-state index contributed by atoms with van der Waals surface area (Å²) < 4.78 is 10.1. The molecule has 0 fully saturated rings. The van der Waals surface area contributed by atoms with Crippen molar-refractivity contribution in [2.24, 2.45) is 0 Å². The molecule has 0 saturated carbocycles. The summed E-state index contributed by atoms with van der Waals surface area (Å²) in [5.41, 5.74) is 0.916. The summed E-state index contributed by atoms with van der Waals surface area (Å²) in [4.78, 5) is 35.1. The van der Waals surface area contributed by atoms with Crippen LogP contribution in [0, 0.1) is 10.1 Å². The quantitative estimate of drug-likeness (QED) is 0.201. The highest BCUT2D eigenvalue weighted by Gasteiger charge is 2.13. The lowest BCUT2D eigenvalue weighted by atomic mass is 10.2. The van der Waals surface area contributed by atoms with E-state index in [2.05, 4.69) is 6.58 Å². The number of carbonyl (C=O) groups is 2. The highest BCUT2D eigenvalue weighted by atomic mass is 32.1. The maximum absolute atomic E-state index is 11.5. The molecule has 0 aliphatic rings. The van der Waals surface area contributed by atoms with E-state index in [0.29, 0.717) is 18.8 Å². The lowest BCUT2D eigenvalue weighted by Crippen LogP contribution is -2.32. The van der Waals surface area contributed by atoms with Gasteiger partial charge in [0, 0.05) is 23.4 Å². The Morgan fingerprint density at radius 2 is 1.62 bits per heavy atom. The fourth-order valence-electron chi connectivity index (χ4n) is 1.88. The van der Waals surface area contributed by atoms with Gasteiger partial charge in [-0.3, -0.25) is 10.1 Å². The van der Waals surface area contributed by atoms with E-state index in [0.717, 1.165) is 0 Å². The van der Waals surface area contributed by atoms with E-state index in [1.165, 1.54) is 19.1 Å². The Balaban J connectivity index is 2.74. The molecule has 1 rings (SSSR count). The van der Waals surface area contributed by atoms with Crippen molar-refractivity contribution in [1.82, 2.24) is 0 Å². The summed E-state index contributed by atoms with van der Waals surface area (Å²) in [7, 11) is 0. The van der Waals surface area contributed by atoms with E-state index >= 15 is 0 Å². The summed E-state index contributed by atoms with van der Waals surface area (Å²) in [6.45, 7) is 7.29. The maximum atomic E-state index is 11.5. The monoisotopic (exact) mass is 380 g/mol. The molecule has 0 atom stereocenters. The molecular formula is C17H20N2O6S. The Kier molecular flexibility index (Phi) is 8.36. The molecular weight excluding hydrogens is 360 g/mol. The van der Waals surface area contributed by atoms with Gasteiger partial charge in [-0.25, -0.2) is 9.59 Å². The molecule has 1 aromatic carbocycles. The van der Waals surface area contributed by atoms with Crippen LogP contribution in [0.5, 0.6) is 0 Å². The molecule has 0 radical (unpaired) electrons. The minimum absolute atomic E-state index is 0.0369. The number of benzene rings is 1. The average Bonchev–Trinajstić information content (AvgIpc) is 2.59. The molecule has 9 heteroatoms. The Morgan fingerprint density at radius 1 is 1.12 bits per heavy atom. The predicted molar refractivity (Wildman–Crippen MR) is 100 cm³/mol. The second-order valence-electron chi connectivity index (χ2n) is 5.37. The van der Waals surface area contributed by atoms with Crippen molar-refractivity contribution in [3.05, 3.63) is 46.5 Å². The molecule has 26 heavy (non-hydrogen) atoms. The van der Waals surface area contributed by atoms with Crippen LogP contribution in [-0.4, -0.2) is 48.0 Å². The van der Waals surface area contributed by atoms with Gasteiger partial charge in [-0.05, 0) is 26.0 Å². The van der Waals surface area contributed by atoms with Crippen molar-refractivity contribution < 1.29 is 24.0 Å². The number of thiocarbonyl (C=S) groups is 1. The molecule has 0 amide bonds. The number of nitro groups is 1. The van der Waals surface area contributed by atoms with E-state index in [1.54, 1.807) is 24.0 Å². The minimum Gasteiger partial charge on any atom is -0.460 e. The van der Waals surface area contributed by atoms with E-state index in [4.69, 9.17) is 21.7 Å². The zero-order chi connectivity index (χ0) is 19.7. The topological polar surface area (TPSA) is 99.0 Å². The smallest absolute Gasteiger partial charge is 0.344 e. The van der Waals surface area contributed by atoms with Crippen LogP contribution in [0.4, 0.5) is 11.4 Å². The second-order valence-corrected chi connectivity index (χ2v) is 5.98. The number of non-ortho nitro benzene ring substituents is 1. The third-order valence-corrected chi connectivity index (χ3v) is 3.42. The van der Waals surface area contributed by atoms with E-state index < -0.39 is 16.9 Å². The number of carbonyl (C=O) groups excluding carboxylic acids is 2. The third-order valence-electron chi connectivity index (χ3n) is 3.25. The van der Waals surface area contributed by atoms with Gasteiger partial charge in [0.05, 0.1) is 22.9 Å². The largest absolute Gasteiger partial charge is 0.460 e. The number of anilines is 1. The number of hydrogen-bond acceptors (Lipinski definition) is 8. The Bertz CT molecular complexity index is 670. The van der Waals surface area contributed by atoms with Crippen molar-refractivity contribution in [1.29, 1.82) is 0 Å². The number of nitrogens with zero attached hydrogens (tertiary/aromatic N) is 2. The van der Waals surface area contributed by atoms with Crippen LogP contribution < -0.4 is 4.90 Å². The van der Waals surface area contributed by atoms with Crippen LogP contribution in [0.1, 0.15) is 13.8 Å². The highest BCUT2D eigenvalue weighted by Crippen LogP contribution is 2.19. The summed E-state index contributed by atoms with van der Waals surface area (Å²) >= 11 is 4.73. The average molecular weight is 380 g/mol. The van der Waals surface area contributed by atoms with Gasteiger partial charge in [-0.15, -0.1) is 0 Å². The fourth-order valence-corrected chi connectivity index (χ4v) is 1.94. The Labute approximate surface area is 156 Å². The normalized spacial score (nSPS) is 9.92. The van der Waals surface area contributed by atoms with Crippen molar-refractivity contribution in [3.8, 4) is 0 Å². The molecule has 8 nitrogen and oxygen atoms in total. The Morgan fingerprint density at radius 3 is 2.04 bits per heavy atom. The number of ether oxygens (including phenoxy) is 2. The molecule has 0 unspecified atom stereocenters. The summed E-state index contributed by atoms with van der Waals surface area (Å²) in [5.74, 6) is -1.08. The number of nitro benzene ring substituents is 1. The molecule has 0 aliphatic heterocycles. The lowest BCUT2D eigenvalue weighted by molar-refractivity contribution is -0.384. The molecule has 1 aromatic rings. The summed E-state index contributed by atoms with van der Waals surface area (Å²) in [5, 5.41) is 10.8. The zero-order valence-electron chi connectivity index (χ0n) is 14.6. The lowest BCUT2D eigenvalue weighted by Gasteiger charge is -2.24. The summed E-state index contributed by atoms with van der Waals surface area (Å²) in [6, 6.07) is 5.89.